The van der Waals surface area contributed by atoms with Crippen LogP contribution in [0.5, 0.6) is 0 Å². The lowest BCUT2D eigenvalue weighted by atomic mass is 9.95. The number of benzene rings is 3. The predicted octanol–water partition coefficient (Wildman–Crippen LogP) is 7.45. The molecule has 0 fully saturated rings. The van der Waals surface area contributed by atoms with E-state index in [9.17, 15) is 26.3 Å². The molecule has 1 nitrogen and oxygen atoms in total. The number of rotatable bonds is 4. The molecule has 0 saturated carbocycles. The zero-order valence-electron chi connectivity index (χ0n) is 16.6. The van der Waals surface area contributed by atoms with Gasteiger partial charge < -0.3 is 0 Å². The molecule has 0 N–H and O–H groups in total. The summed E-state index contributed by atoms with van der Waals surface area (Å²) >= 11 is 0. The second-order valence-electron chi connectivity index (χ2n) is 7.45. The van der Waals surface area contributed by atoms with Crippen LogP contribution in [0.2, 0.25) is 0 Å². The van der Waals surface area contributed by atoms with E-state index < -0.39 is 23.5 Å². The van der Waals surface area contributed by atoms with E-state index in [0.29, 0.717) is 22.2 Å². The highest BCUT2D eigenvalue weighted by molar-refractivity contribution is 5.82. The van der Waals surface area contributed by atoms with Gasteiger partial charge in [-0.3, -0.25) is 4.98 Å². The fraction of sp³-hybridized carbons (Fsp3) is 0.160. The second kappa shape index (κ2) is 8.30. The van der Waals surface area contributed by atoms with Crippen LogP contribution in [0.1, 0.15) is 33.5 Å². The quantitative estimate of drug-likeness (QED) is 0.297. The number of alkyl halides is 6. The molecule has 7 heteroatoms. The summed E-state index contributed by atoms with van der Waals surface area (Å²) in [5, 5.41) is 0.664. The van der Waals surface area contributed by atoms with Crippen molar-refractivity contribution in [1.29, 1.82) is 0 Å². The van der Waals surface area contributed by atoms with Gasteiger partial charge in [-0.15, -0.1) is 0 Å². The number of pyridine rings is 1. The summed E-state index contributed by atoms with van der Waals surface area (Å²) in [4.78, 5) is 4.48. The third-order valence-corrected chi connectivity index (χ3v) is 5.25. The van der Waals surface area contributed by atoms with Crippen molar-refractivity contribution in [3.63, 3.8) is 0 Å². The Morgan fingerprint density at radius 2 is 1.06 bits per heavy atom. The molecule has 4 rings (SSSR count). The van der Waals surface area contributed by atoms with Gasteiger partial charge >= 0.3 is 12.4 Å². The molecule has 164 valence electrons. The predicted molar refractivity (Wildman–Crippen MR) is 110 cm³/mol. The van der Waals surface area contributed by atoms with Crippen molar-refractivity contribution in [2.24, 2.45) is 0 Å². The van der Waals surface area contributed by atoms with Crippen molar-refractivity contribution >= 4 is 10.9 Å². The molecule has 3 aromatic carbocycles. The van der Waals surface area contributed by atoms with Gasteiger partial charge in [0, 0.05) is 17.5 Å². The summed E-state index contributed by atoms with van der Waals surface area (Å²) in [6.07, 6.45) is -9.13. The number of hydrogen-bond donors (Lipinski definition) is 0. The average Bonchev–Trinajstić information content (AvgIpc) is 2.73. The summed E-state index contributed by atoms with van der Waals surface area (Å²) in [6, 6.07) is 19.1. The first kappa shape index (κ1) is 21.9. The van der Waals surface area contributed by atoms with E-state index in [1.54, 1.807) is 30.3 Å². The first-order valence-electron chi connectivity index (χ1n) is 9.80. The first-order chi connectivity index (χ1) is 15.1. The van der Waals surface area contributed by atoms with E-state index in [0.717, 1.165) is 12.1 Å². The minimum Gasteiger partial charge on any atom is -0.252 e. The SMILES string of the molecule is FC(F)(F)c1ccccc1Cc1cc(Cc2ccccc2C(F)(F)F)c2ccccc2n1. The Balaban J connectivity index is 1.80. The molecule has 0 spiro atoms. The smallest absolute Gasteiger partial charge is 0.252 e. The highest BCUT2D eigenvalue weighted by Gasteiger charge is 2.34. The van der Waals surface area contributed by atoms with Crippen molar-refractivity contribution in [2.45, 2.75) is 25.2 Å². The summed E-state index contributed by atoms with van der Waals surface area (Å²) in [5.41, 5.74) is 0.131. The van der Waals surface area contributed by atoms with Crippen molar-refractivity contribution in [3.8, 4) is 0 Å². The van der Waals surface area contributed by atoms with E-state index in [-0.39, 0.29) is 24.0 Å². The molecule has 0 aliphatic carbocycles. The highest BCUT2D eigenvalue weighted by atomic mass is 19.4. The van der Waals surface area contributed by atoms with Gasteiger partial charge in [-0.1, -0.05) is 54.6 Å². The lowest BCUT2D eigenvalue weighted by Gasteiger charge is -2.16. The molecule has 0 aliphatic rings. The maximum Gasteiger partial charge on any atom is 0.416 e. The Morgan fingerprint density at radius 1 is 0.562 bits per heavy atom. The van der Waals surface area contributed by atoms with Crippen LogP contribution in [0.3, 0.4) is 0 Å². The molecule has 0 atom stereocenters. The number of halogens is 6. The van der Waals surface area contributed by atoms with E-state index in [1.807, 2.05) is 0 Å². The second-order valence-corrected chi connectivity index (χ2v) is 7.45. The van der Waals surface area contributed by atoms with Gasteiger partial charge in [-0.2, -0.15) is 26.3 Å². The van der Waals surface area contributed by atoms with Crippen LogP contribution in [0.4, 0.5) is 26.3 Å². The molecule has 0 amide bonds. The standard InChI is InChI=1S/C25H17F6N/c26-24(27,28)21-10-4-1-7-16(21)13-18-15-19(32-23-12-6-3-9-20(18)23)14-17-8-2-5-11-22(17)25(29,30)31/h1-12,15H,13-14H2. The maximum atomic E-state index is 13.5. The molecule has 0 aliphatic heterocycles. The Bertz CT molecular complexity index is 1260. The molecule has 0 unspecified atom stereocenters. The first-order valence-corrected chi connectivity index (χ1v) is 9.80. The van der Waals surface area contributed by atoms with Crippen LogP contribution in [0, 0.1) is 0 Å². The Morgan fingerprint density at radius 3 is 1.66 bits per heavy atom. The van der Waals surface area contributed by atoms with Crippen molar-refractivity contribution in [3.05, 3.63) is 112 Å². The van der Waals surface area contributed by atoms with Gasteiger partial charge in [-0.05, 0) is 47.4 Å². The van der Waals surface area contributed by atoms with Gasteiger partial charge in [0.1, 0.15) is 0 Å². The summed E-state index contributed by atoms with van der Waals surface area (Å²) < 4.78 is 80.6. The van der Waals surface area contributed by atoms with Gasteiger partial charge in [0.2, 0.25) is 0 Å². The monoisotopic (exact) mass is 445 g/mol. The average molecular weight is 445 g/mol. The molecule has 0 saturated heterocycles. The van der Waals surface area contributed by atoms with Gasteiger partial charge in [0.05, 0.1) is 16.6 Å². The van der Waals surface area contributed by atoms with E-state index >= 15 is 0 Å². The minimum absolute atomic E-state index is 0.0212. The molecule has 1 aromatic heterocycles. The third-order valence-electron chi connectivity index (χ3n) is 5.25. The van der Waals surface area contributed by atoms with Crippen molar-refractivity contribution in [2.75, 3.05) is 0 Å². The van der Waals surface area contributed by atoms with E-state index in [2.05, 4.69) is 4.98 Å². The molecule has 32 heavy (non-hydrogen) atoms. The normalized spacial score (nSPS) is 12.3. The lowest BCUT2D eigenvalue weighted by Crippen LogP contribution is -2.11. The highest BCUT2D eigenvalue weighted by Crippen LogP contribution is 2.35. The van der Waals surface area contributed by atoms with Crippen LogP contribution in [0.25, 0.3) is 10.9 Å². The van der Waals surface area contributed by atoms with Gasteiger partial charge in [0.25, 0.3) is 0 Å². The minimum atomic E-state index is -4.51. The summed E-state index contributed by atoms with van der Waals surface area (Å²) in [6.45, 7) is 0. The summed E-state index contributed by atoms with van der Waals surface area (Å²) in [5.74, 6) is 0. The van der Waals surface area contributed by atoms with Crippen LogP contribution in [0.15, 0.2) is 78.9 Å². The maximum absolute atomic E-state index is 13.5. The zero-order chi connectivity index (χ0) is 22.9. The number of aromatic nitrogens is 1. The van der Waals surface area contributed by atoms with Crippen LogP contribution in [-0.2, 0) is 25.2 Å². The molecule has 4 aromatic rings. The van der Waals surface area contributed by atoms with Crippen molar-refractivity contribution < 1.29 is 26.3 Å². The Hall–Kier alpha value is -3.35. The number of hydrogen-bond acceptors (Lipinski definition) is 1. The molecular weight excluding hydrogens is 428 g/mol. The molecule has 0 bridgehead atoms. The third kappa shape index (κ3) is 4.61. The van der Waals surface area contributed by atoms with Crippen LogP contribution in [-0.4, -0.2) is 4.98 Å². The number of para-hydroxylation sites is 1. The zero-order valence-corrected chi connectivity index (χ0v) is 16.6. The topological polar surface area (TPSA) is 12.9 Å². The van der Waals surface area contributed by atoms with Crippen LogP contribution < -0.4 is 0 Å². The van der Waals surface area contributed by atoms with Crippen molar-refractivity contribution in [1.82, 2.24) is 4.98 Å². The lowest BCUT2D eigenvalue weighted by molar-refractivity contribution is -0.139. The van der Waals surface area contributed by atoms with Gasteiger partial charge in [0.15, 0.2) is 0 Å². The van der Waals surface area contributed by atoms with Gasteiger partial charge in [-0.25, -0.2) is 0 Å². The molecule has 0 radical (unpaired) electrons. The van der Waals surface area contributed by atoms with Crippen LogP contribution >= 0.6 is 0 Å². The fourth-order valence-corrected chi connectivity index (χ4v) is 3.85. The van der Waals surface area contributed by atoms with E-state index in [4.69, 9.17) is 0 Å². The molecular formula is C25H17F6N. The largest absolute Gasteiger partial charge is 0.416 e. The Labute approximate surface area is 180 Å². The fourth-order valence-electron chi connectivity index (χ4n) is 3.85. The summed E-state index contributed by atoms with van der Waals surface area (Å²) in [7, 11) is 0. The molecule has 1 heterocycles. The Kier molecular flexibility index (Phi) is 5.67. The number of fused-ring (bicyclic) bond motifs is 1. The number of nitrogens with zero attached hydrogens (tertiary/aromatic N) is 1. The van der Waals surface area contributed by atoms with E-state index in [1.165, 1.54) is 36.4 Å².